The fraction of sp³-hybridized carbons (Fsp3) is 0.667. The standard InChI is InChI=1S/C12H19BN2O/c1-10-5-4-8-15(13-2)12(7-6-10)9-14(3)11(12)16/h5H,2,4,6-9H2,1,3H3/b10-5+. The number of hydrogen-bond acceptors (Lipinski definition) is 2. The number of carbonyl (C=O) groups is 1. The molecule has 0 bridgehead atoms. The third-order valence-electron chi connectivity index (χ3n) is 3.81. The summed E-state index contributed by atoms with van der Waals surface area (Å²) in [5.74, 6) is 0.252. The first-order valence-corrected chi connectivity index (χ1v) is 5.91. The van der Waals surface area contributed by atoms with E-state index in [1.54, 1.807) is 4.90 Å². The van der Waals surface area contributed by atoms with Crippen molar-refractivity contribution in [2.24, 2.45) is 0 Å². The number of likely N-dealkylation sites (N-methyl/N-ethyl adjacent to an activating group) is 1. The van der Waals surface area contributed by atoms with Gasteiger partial charge in [0.25, 0.3) is 0 Å². The molecule has 86 valence electrons. The van der Waals surface area contributed by atoms with Gasteiger partial charge in [-0.2, -0.15) is 0 Å². The van der Waals surface area contributed by atoms with Crippen LogP contribution in [0.25, 0.3) is 0 Å². The predicted octanol–water partition coefficient (Wildman–Crippen LogP) is 0.681. The van der Waals surface area contributed by atoms with Gasteiger partial charge in [-0.15, -0.1) is 0 Å². The molecule has 2 rings (SSSR count). The molecule has 0 aromatic carbocycles. The molecule has 4 heteroatoms. The van der Waals surface area contributed by atoms with Crippen LogP contribution in [0.15, 0.2) is 11.6 Å². The van der Waals surface area contributed by atoms with Gasteiger partial charge in [0.15, 0.2) is 0 Å². The van der Waals surface area contributed by atoms with Gasteiger partial charge in [-0.3, -0.25) is 0 Å². The quantitative estimate of drug-likeness (QED) is 0.367. The van der Waals surface area contributed by atoms with E-state index >= 15 is 0 Å². The van der Waals surface area contributed by atoms with Crippen molar-refractivity contribution in [3.63, 3.8) is 0 Å². The minimum absolute atomic E-state index is 0.252. The Balaban J connectivity index is 2.23. The van der Waals surface area contributed by atoms with Gasteiger partial charge in [0.2, 0.25) is 0 Å². The summed E-state index contributed by atoms with van der Waals surface area (Å²) in [6, 6.07) is 0. The maximum absolute atomic E-state index is 12.1. The van der Waals surface area contributed by atoms with Gasteiger partial charge in [0.1, 0.15) is 0 Å². The van der Waals surface area contributed by atoms with Gasteiger partial charge < -0.3 is 0 Å². The van der Waals surface area contributed by atoms with E-state index in [0.717, 1.165) is 32.4 Å². The minimum atomic E-state index is -0.286. The third-order valence-corrected chi connectivity index (χ3v) is 3.81. The first-order chi connectivity index (χ1) is 7.60. The van der Waals surface area contributed by atoms with Crippen LogP contribution in [0.4, 0.5) is 0 Å². The van der Waals surface area contributed by atoms with Gasteiger partial charge in [0.05, 0.1) is 0 Å². The van der Waals surface area contributed by atoms with Gasteiger partial charge >= 0.3 is 97.4 Å². The van der Waals surface area contributed by atoms with Crippen molar-refractivity contribution in [3.8, 4) is 0 Å². The van der Waals surface area contributed by atoms with Crippen LogP contribution >= 0.6 is 0 Å². The summed E-state index contributed by atoms with van der Waals surface area (Å²) in [6.45, 7) is 7.75. The molecule has 1 unspecified atom stereocenters. The Morgan fingerprint density at radius 1 is 1.56 bits per heavy atom. The van der Waals surface area contributed by atoms with Crippen LogP contribution in [-0.2, 0) is 4.79 Å². The van der Waals surface area contributed by atoms with E-state index < -0.39 is 0 Å². The monoisotopic (exact) mass is 218 g/mol. The molecule has 0 aromatic heterocycles. The zero-order chi connectivity index (χ0) is 11.8. The summed E-state index contributed by atoms with van der Waals surface area (Å²) in [5, 5.41) is 0. The van der Waals surface area contributed by atoms with E-state index in [4.69, 9.17) is 0 Å². The fourth-order valence-electron chi connectivity index (χ4n) is 2.78. The SMILES string of the molecule is C=BN1CC/C=C(\C)CCC12CN(C)C2=O. The van der Waals surface area contributed by atoms with Crippen molar-refractivity contribution in [1.82, 2.24) is 9.71 Å². The maximum atomic E-state index is 12.1. The van der Waals surface area contributed by atoms with E-state index in [1.165, 1.54) is 5.57 Å². The number of β-lactam (4-membered cyclic amide) rings is 1. The third kappa shape index (κ3) is 1.60. The van der Waals surface area contributed by atoms with Crippen molar-refractivity contribution in [2.75, 3.05) is 20.1 Å². The first-order valence-electron chi connectivity index (χ1n) is 5.91. The van der Waals surface area contributed by atoms with Gasteiger partial charge in [-0.25, -0.2) is 0 Å². The van der Waals surface area contributed by atoms with Crippen LogP contribution in [0, 0.1) is 0 Å². The average molecular weight is 218 g/mol. The second kappa shape index (κ2) is 4.08. The van der Waals surface area contributed by atoms with Crippen LogP contribution in [0.5, 0.6) is 0 Å². The molecule has 2 aliphatic rings. The summed E-state index contributed by atoms with van der Waals surface area (Å²) in [6.07, 6.45) is 5.22. The molecule has 16 heavy (non-hydrogen) atoms. The number of likely N-dealkylation sites (tertiary alicyclic amines) is 1. The van der Waals surface area contributed by atoms with Gasteiger partial charge in [-0.05, 0) is 0 Å². The van der Waals surface area contributed by atoms with Crippen LogP contribution < -0.4 is 0 Å². The van der Waals surface area contributed by atoms with Crippen LogP contribution in [0.3, 0.4) is 0 Å². The molecule has 1 saturated heterocycles. The Morgan fingerprint density at radius 3 is 2.88 bits per heavy atom. The van der Waals surface area contributed by atoms with E-state index in [2.05, 4.69) is 24.3 Å². The molecule has 0 radical (unpaired) electrons. The molecule has 0 N–H and O–H groups in total. The molecule has 0 aromatic rings. The topological polar surface area (TPSA) is 23.6 Å². The molecular formula is C12H19BN2O. The predicted molar refractivity (Wildman–Crippen MR) is 67.6 cm³/mol. The Morgan fingerprint density at radius 2 is 2.31 bits per heavy atom. The Kier molecular flexibility index (Phi) is 2.91. The molecule has 0 aliphatic carbocycles. The molecule has 3 nitrogen and oxygen atoms in total. The van der Waals surface area contributed by atoms with Crippen LogP contribution in [-0.4, -0.2) is 54.8 Å². The van der Waals surface area contributed by atoms with E-state index in [9.17, 15) is 4.79 Å². The number of amides is 1. The zero-order valence-electron chi connectivity index (χ0n) is 10.2. The Hall–Kier alpha value is -1.06. The summed E-state index contributed by atoms with van der Waals surface area (Å²) >= 11 is 0. The molecule has 1 spiro atoms. The van der Waals surface area contributed by atoms with E-state index in [-0.39, 0.29) is 11.4 Å². The number of rotatable bonds is 1. The summed E-state index contributed by atoms with van der Waals surface area (Å²) in [4.78, 5) is 16.0. The zero-order valence-corrected chi connectivity index (χ0v) is 10.2. The molecule has 1 atom stereocenters. The Bertz CT molecular complexity index is 353. The summed E-state index contributed by atoms with van der Waals surface area (Å²) in [7, 11) is 3.70. The number of nitrogens with zero attached hydrogens (tertiary/aromatic N) is 2. The molecule has 2 aliphatic heterocycles. The molecular weight excluding hydrogens is 199 g/mol. The molecule has 1 fully saturated rings. The van der Waals surface area contributed by atoms with Crippen molar-refractivity contribution in [1.29, 1.82) is 0 Å². The molecule has 0 saturated carbocycles. The average Bonchev–Trinajstić information content (AvgIpc) is 2.27. The normalized spacial score (nSPS) is 33.6. The first kappa shape index (κ1) is 11.4. The van der Waals surface area contributed by atoms with Crippen LogP contribution in [0.2, 0.25) is 0 Å². The number of hydrogen-bond donors (Lipinski definition) is 0. The summed E-state index contributed by atoms with van der Waals surface area (Å²) < 4.78 is 0. The summed E-state index contributed by atoms with van der Waals surface area (Å²) in [5.41, 5.74) is 1.12. The molecule has 1 amide bonds. The van der Waals surface area contributed by atoms with Crippen molar-refractivity contribution in [3.05, 3.63) is 11.6 Å². The van der Waals surface area contributed by atoms with Crippen LogP contribution in [0.1, 0.15) is 26.2 Å². The second-order valence-electron chi connectivity index (χ2n) is 4.91. The number of allylic oxidation sites excluding steroid dienone is 1. The van der Waals surface area contributed by atoms with Gasteiger partial charge in [-0.1, -0.05) is 0 Å². The van der Waals surface area contributed by atoms with Crippen molar-refractivity contribution in [2.45, 2.75) is 31.7 Å². The fourth-order valence-corrected chi connectivity index (χ4v) is 2.78. The van der Waals surface area contributed by atoms with Gasteiger partial charge in [0, 0.05) is 0 Å². The van der Waals surface area contributed by atoms with E-state index in [1.807, 2.05) is 14.1 Å². The molecule has 2 heterocycles. The Labute approximate surface area is 98.0 Å². The second-order valence-corrected chi connectivity index (χ2v) is 4.91. The van der Waals surface area contributed by atoms with E-state index in [0.29, 0.717) is 0 Å². The van der Waals surface area contributed by atoms with Crippen molar-refractivity contribution < 1.29 is 4.79 Å². The number of carbonyl (C=O) groups excluding carboxylic acids is 1. The van der Waals surface area contributed by atoms with Crippen molar-refractivity contribution >= 4 is 19.4 Å².